The fourth-order valence-corrected chi connectivity index (χ4v) is 0.903. The summed E-state index contributed by atoms with van der Waals surface area (Å²) in [7, 11) is 1.57. The second-order valence-corrected chi connectivity index (χ2v) is 2.10. The predicted octanol–water partition coefficient (Wildman–Crippen LogP) is 1.96. The van der Waals surface area contributed by atoms with E-state index in [1.807, 2.05) is 18.2 Å². The monoisotopic (exact) mass is 151 g/mol. The average Bonchev–Trinajstić information content (AvgIpc) is 2.06. The Hall–Kier alpha value is -1.38. The van der Waals surface area contributed by atoms with Gasteiger partial charge in [-0.05, 0) is 6.07 Å². The number of rotatable bonds is 3. The van der Waals surface area contributed by atoms with E-state index in [-0.39, 0.29) is 6.54 Å². The van der Waals surface area contributed by atoms with Gasteiger partial charge in [0.05, 0.1) is 7.11 Å². The number of ether oxygens (including phenoxy) is 1. The molecule has 1 aromatic carbocycles. The molecule has 0 saturated carbocycles. The summed E-state index contributed by atoms with van der Waals surface area (Å²) in [6.45, 7) is 0.171. The molecule has 0 radical (unpaired) electrons. The van der Waals surface area contributed by atoms with Crippen LogP contribution >= 0.6 is 0 Å². The van der Waals surface area contributed by atoms with Crippen LogP contribution < -0.4 is 4.74 Å². The first-order valence-corrected chi connectivity index (χ1v) is 3.29. The van der Waals surface area contributed by atoms with Gasteiger partial charge < -0.3 is 4.74 Å². The maximum atomic E-state index is 9.94. The molecule has 0 aliphatic heterocycles. The molecule has 0 amide bonds. The molecule has 3 heteroatoms. The van der Waals surface area contributed by atoms with E-state index < -0.39 is 0 Å². The third-order valence-corrected chi connectivity index (χ3v) is 1.43. The molecule has 3 nitrogen and oxygen atoms in total. The summed E-state index contributed by atoms with van der Waals surface area (Å²) >= 11 is 0. The Kier molecular flexibility index (Phi) is 2.60. The van der Waals surface area contributed by atoms with Crippen LogP contribution in [0.2, 0.25) is 0 Å². The van der Waals surface area contributed by atoms with E-state index in [1.54, 1.807) is 13.2 Å². The van der Waals surface area contributed by atoms with Gasteiger partial charge in [-0.15, -0.1) is 0 Å². The van der Waals surface area contributed by atoms with E-state index in [2.05, 4.69) is 5.18 Å². The quantitative estimate of drug-likeness (QED) is 0.619. The van der Waals surface area contributed by atoms with Crippen LogP contribution in [0, 0.1) is 4.91 Å². The molecule has 0 heterocycles. The van der Waals surface area contributed by atoms with Gasteiger partial charge in [-0.3, -0.25) is 0 Å². The van der Waals surface area contributed by atoms with Crippen molar-refractivity contribution in [3.63, 3.8) is 0 Å². The van der Waals surface area contributed by atoms with Gasteiger partial charge in [0, 0.05) is 5.56 Å². The molecular formula is C8H9NO2. The molecule has 58 valence electrons. The minimum Gasteiger partial charge on any atom is -0.496 e. The summed E-state index contributed by atoms with van der Waals surface area (Å²) in [5.41, 5.74) is 0.824. The molecular weight excluding hydrogens is 142 g/mol. The number of benzene rings is 1. The lowest BCUT2D eigenvalue weighted by molar-refractivity contribution is 0.410. The van der Waals surface area contributed by atoms with Crippen LogP contribution in [-0.2, 0) is 6.54 Å². The smallest absolute Gasteiger partial charge is 0.124 e. The van der Waals surface area contributed by atoms with Gasteiger partial charge in [0.1, 0.15) is 12.3 Å². The Balaban J connectivity index is 2.92. The van der Waals surface area contributed by atoms with E-state index >= 15 is 0 Å². The summed E-state index contributed by atoms with van der Waals surface area (Å²) in [5.74, 6) is 0.715. The number of nitrogens with zero attached hydrogens (tertiary/aromatic N) is 1. The molecule has 0 spiro atoms. The Morgan fingerprint density at radius 1 is 1.45 bits per heavy atom. The van der Waals surface area contributed by atoms with Crippen molar-refractivity contribution in [3.05, 3.63) is 34.7 Å². The molecule has 0 bridgehead atoms. The Labute approximate surface area is 65.0 Å². The Bertz CT molecular complexity index is 248. The number of para-hydroxylation sites is 1. The third-order valence-electron chi connectivity index (χ3n) is 1.43. The maximum Gasteiger partial charge on any atom is 0.124 e. The minimum absolute atomic E-state index is 0.171. The lowest BCUT2D eigenvalue weighted by atomic mass is 10.2. The van der Waals surface area contributed by atoms with Crippen LogP contribution in [0.4, 0.5) is 0 Å². The first-order chi connectivity index (χ1) is 5.38. The summed E-state index contributed by atoms with van der Waals surface area (Å²) in [4.78, 5) is 9.94. The van der Waals surface area contributed by atoms with Crippen LogP contribution in [0.15, 0.2) is 29.4 Å². The summed E-state index contributed by atoms with van der Waals surface area (Å²) in [6.07, 6.45) is 0. The zero-order valence-electron chi connectivity index (χ0n) is 6.28. The van der Waals surface area contributed by atoms with Crippen molar-refractivity contribution in [1.29, 1.82) is 0 Å². The molecule has 0 saturated heterocycles. The van der Waals surface area contributed by atoms with Crippen LogP contribution in [0.25, 0.3) is 0 Å². The lowest BCUT2D eigenvalue weighted by Crippen LogP contribution is -1.88. The molecule has 0 aromatic heterocycles. The maximum absolute atomic E-state index is 9.94. The molecule has 1 aromatic rings. The van der Waals surface area contributed by atoms with Crippen LogP contribution in [0.1, 0.15) is 5.56 Å². The first kappa shape index (κ1) is 7.72. The SMILES string of the molecule is COc1ccccc1CN=O. The van der Waals surface area contributed by atoms with E-state index in [9.17, 15) is 4.91 Å². The zero-order chi connectivity index (χ0) is 8.10. The molecule has 0 atom stereocenters. The highest BCUT2D eigenvalue weighted by atomic mass is 16.5. The van der Waals surface area contributed by atoms with Crippen molar-refractivity contribution in [2.75, 3.05) is 7.11 Å². The normalized spacial score (nSPS) is 9.18. The van der Waals surface area contributed by atoms with Crippen LogP contribution in [0.3, 0.4) is 0 Å². The first-order valence-electron chi connectivity index (χ1n) is 3.29. The van der Waals surface area contributed by atoms with Gasteiger partial charge >= 0.3 is 0 Å². The van der Waals surface area contributed by atoms with E-state index in [0.717, 1.165) is 5.56 Å². The number of hydrogen-bond acceptors (Lipinski definition) is 3. The third kappa shape index (κ3) is 1.77. The summed E-state index contributed by atoms with van der Waals surface area (Å²) in [5, 5.41) is 2.78. The molecule has 0 unspecified atom stereocenters. The highest BCUT2D eigenvalue weighted by Crippen LogP contribution is 2.17. The molecule has 0 fully saturated rings. The Morgan fingerprint density at radius 3 is 2.82 bits per heavy atom. The van der Waals surface area contributed by atoms with Crippen molar-refractivity contribution in [1.82, 2.24) is 0 Å². The highest BCUT2D eigenvalue weighted by Gasteiger charge is 1.99. The molecule has 11 heavy (non-hydrogen) atoms. The van der Waals surface area contributed by atoms with Crippen LogP contribution in [-0.4, -0.2) is 7.11 Å². The average molecular weight is 151 g/mol. The van der Waals surface area contributed by atoms with Gasteiger partial charge in [-0.2, -0.15) is 4.91 Å². The van der Waals surface area contributed by atoms with E-state index in [0.29, 0.717) is 5.75 Å². The van der Waals surface area contributed by atoms with Crippen LogP contribution in [0.5, 0.6) is 5.75 Å². The Morgan fingerprint density at radius 2 is 2.18 bits per heavy atom. The van der Waals surface area contributed by atoms with Gasteiger partial charge in [-0.25, -0.2) is 0 Å². The van der Waals surface area contributed by atoms with E-state index in [1.165, 1.54) is 0 Å². The van der Waals surface area contributed by atoms with Crippen molar-refractivity contribution in [3.8, 4) is 5.75 Å². The second-order valence-electron chi connectivity index (χ2n) is 2.10. The molecule has 1 rings (SSSR count). The topological polar surface area (TPSA) is 38.7 Å². The van der Waals surface area contributed by atoms with Crippen molar-refractivity contribution in [2.24, 2.45) is 5.18 Å². The molecule has 0 N–H and O–H groups in total. The van der Waals surface area contributed by atoms with Gasteiger partial charge in [0.25, 0.3) is 0 Å². The second kappa shape index (κ2) is 3.71. The van der Waals surface area contributed by atoms with E-state index in [4.69, 9.17) is 4.74 Å². The zero-order valence-corrected chi connectivity index (χ0v) is 6.28. The minimum atomic E-state index is 0.171. The summed E-state index contributed by atoms with van der Waals surface area (Å²) < 4.78 is 5.00. The van der Waals surface area contributed by atoms with Crippen molar-refractivity contribution in [2.45, 2.75) is 6.54 Å². The number of hydrogen-bond donors (Lipinski definition) is 0. The highest BCUT2D eigenvalue weighted by molar-refractivity contribution is 5.32. The van der Waals surface area contributed by atoms with Gasteiger partial charge in [0.15, 0.2) is 0 Å². The number of nitroso groups, excluding NO2 is 1. The fourth-order valence-electron chi connectivity index (χ4n) is 0.903. The van der Waals surface area contributed by atoms with Gasteiger partial charge in [-0.1, -0.05) is 23.4 Å². The molecule has 0 aliphatic rings. The van der Waals surface area contributed by atoms with Crippen molar-refractivity contribution < 1.29 is 4.74 Å². The number of methoxy groups -OCH3 is 1. The fraction of sp³-hybridized carbons (Fsp3) is 0.250. The predicted molar refractivity (Wildman–Crippen MR) is 42.5 cm³/mol. The summed E-state index contributed by atoms with van der Waals surface area (Å²) in [6, 6.07) is 7.33. The van der Waals surface area contributed by atoms with Gasteiger partial charge in [0.2, 0.25) is 0 Å². The largest absolute Gasteiger partial charge is 0.496 e. The standard InChI is InChI=1S/C8H9NO2/c1-11-8-5-3-2-4-7(8)6-9-10/h2-5H,6H2,1H3. The molecule has 0 aliphatic carbocycles. The lowest BCUT2D eigenvalue weighted by Gasteiger charge is -2.02. The van der Waals surface area contributed by atoms with Crippen molar-refractivity contribution >= 4 is 0 Å².